The minimum absolute atomic E-state index is 0.0275. The average Bonchev–Trinajstić information content (AvgIpc) is 2.72. The van der Waals surface area contributed by atoms with Crippen LogP contribution in [0.25, 0.3) is 0 Å². The van der Waals surface area contributed by atoms with E-state index in [1.165, 1.54) is 9.21 Å². The van der Waals surface area contributed by atoms with E-state index in [1.54, 1.807) is 26.0 Å². The lowest BCUT2D eigenvalue weighted by Crippen LogP contribution is -2.51. The van der Waals surface area contributed by atoms with Crippen molar-refractivity contribution < 1.29 is 26.4 Å². The van der Waals surface area contributed by atoms with Crippen LogP contribution in [0.5, 0.6) is 0 Å². The summed E-state index contributed by atoms with van der Waals surface area (Å²) in [5.41, 5.74) is -0.647. The number of carbonyl (C=O) groups is 1. The molecule has 0 bridgehead atoms. The molecule has 174 valence electrons. The number of carbonyl (C=O) groups excluding carboxylic acids is 1. The summed E-state index contributed by atoms with van der Waals surface area (Å²) in [6.45, 7) is 3.00. The molecule has 0 unspecified atom stereocenters. The van der Waals surface area contributed by atoms with E-state index in [9.17, 15) is 31.2 Å². The molecule has 1 aromatic carbocycles. The van der Waals surface area contributed by atoms with E-state index in [2.05, 4.69) is 0 Å². The number of benzene rings is 1. The number of nitrogens with zero attached hydrogens (tertiary/aromatic N) is 3. The Balaban J connectivity index is 1.72. The molecular formula is C20H21ClF3N3O4S. The summed E-state index contributed by atoms with van der Waals surface area (Å²) >= 11 is 5.61. The maximum atomic E-state index is 13.0. The first kappa shape index (κ1) is 24.3. The number of hydrogen-bond acceptors (Lipinski definition) is 4. The molecule has 3 rings (SSSR count). The van der Waals surface area contributed by atoms with Crippen LogP contribution in [-0.2, 0) is 27.5 Å². The Morgan fingerprint density at radius 1 is 1.09 bits per heavy atom. The van der Waals surface area contributed by atoms with Gasteiger partial charge >= 0.3 is 6.18 Å². The largest absolute Gasteiger partial charge is 0.417 e. The number of amides is 1. The molecule has 2 aromatic rings. The zero-order valence-electron chi connectivity index (χ0n) is 17.3. The highest BCUT2D eigenvalue weighted by Crippen LogP contribution is 2.29. The molecule has 1 saturated heterocycles. The van der Waals surface area contributed by atoms with Crippen LogP contribution in [0.2, 0.25) is 5.02 Å². The summed E-state index contributed by atoms with van der Waals surface area (Å²) in [5.74, 6) is -0.605. The molecule has 7 nitrogen and oxygen atoms in total. The van der Waals surface area contributed by atoms with Crippen molar-refractivity contribution in [1.82, 2.24) is 13.8 Å². The van der Waals surface area contributed by atoms with Gasteiger partial charge in [-0.15, -0.1) is 0 Å². The van der Waals surface area contributed by atoms with Crippen LogP contribution in [-0.4, -0.2) is 54.3 Å². The van der Waals surface area contributed by atoms with Gasteiger partial charge in [-0.1, -0.05) is 23.7 Å². The summed E-state index contributed by atoms with van der Waals surface area (Å²) in [7, 11) is -3.76. The van der Waals surface area contributed by atoms with Gasteiger partial charge in [0.15, 0.2) is 0 Å². The number of aromatic nitrogens is 1. The van der Waals surface area contributed by atoms with Crippen LogP contribution in [0, 0.1) is 13.8 Å². The summed E-state index contributed by atoms with van der Waals surface area (Å²) in [4.78, 5) is 26.2. The van der Waals surface area contributed by atoms with Gasteiger partial charge < -0.3 is 9.47 Å². The Labute approximate surface area is 188 Å². The van der Waals surface area contributed by atoms with E-state index in [4.69, 9.17) is 11.6 Å². The molecule has 0 N–H and O–H groups in total. The molecule has 0 aliphatic carbocycles. The molecule has 1 aliphatic rings. The van der Waals surface area contributed by atoms with E-state index >= 15 is 0 Å². The van der Waals surface area contributed by atoms with Crippen molar-refractivity contribution in [1.29, 1.82) is 0 Å². The number of rotatable bonds is 4. The van der Waals surface area contributed by atoms with Gasteiger partial charge in [-0.3, -0.25) is 9.59 Å². The Morgan fingerprint density at radius 2 is 1.72 bits per heavy atom. The first-order chi connectivity index (χ1) is 14.8. The number of hydrogen-bond donors (Lipinski definition) is 0. The van der Waals surface area contributed by atoms with Crippen LogP contribution >= 0.6 is 11.6 Å². The van der Waals surface area contributed by atoms with Gasteiger partial charge in [-0.05, 0) is 37.1 Å². The number of piperazine rings is 1. The third-order valence-corrected chi connectivity index (χ3v) is 7.54. The normalized spacial score (nSPS) is 15.8. The molecule has 0 spiro atoms. The highest BCUT2D eigenvalue weighted by molar-refractivity contribution is 7.89. The maximum Gasteiger partial charge on any atom is 0.417 e. The highest BCUT2D eigenvalue weighted by atomic mass is 35.5. The van der Waals surface area contributed by atoms with Crippen molar-refractivity contribution >= 4 is 27.5 Å². The fraction of sp³-hybridized carbons (Fsp3) is 0.400. The molecule has 32 heavy (non-hydrogen) atoms. The van der Waals surface area contributed by atoms with E-state index in [0.29, 0.717) is 22.4 Å². The second-order valence-electron chi connectivity index (χ2n) is 7.56. The molecule has 1 aromatic heterocycles. The van der Waals surface area contributed by atoms with E-state index < -0.39 is 44.8 Å². The first-order valence-electron chi connectivity index (χ1n) is 9.63. The number of pyridine rings is 1. The predicted octanol–water partition coefficient (Wildman–Crippen LogP) is 2.67. The zero-order chi connectivity index (χ0) is 23.8. The molecule has 12 heteroatoms. The zero-order valence-corrected chi connectivity index (χ0v) is 18.9. The third-order valence-electron chi connectivity index (χ3n) is 5.23. The molecule has 1 amide bonds. The lowest BCUT2D eigenvalue weighted by molar-refractivity contribution is -0.139. The number of halogens is 4. The molecule has 1 aliphatic heterocycles. The smallest absolute Gasteiger partial charge is 0.339 e. The summed E-state index contributed by atoms with van der Waals surface area (Å²) < 4.78 is 66.8. The average molecular weight is 492 g/mol. The molecule has 0 saturated carbocycles. The van der Waals surface area contributed by atoms with Gasteiger partial charge in [-0.2, -0.15) is 17.5 Å². The van der Waals surface area contributed by atoms with E-state index in [-0.39, 0.29) is 31.1 Å². The fourth-order valence-electron chi connectivity index (χ4n) is 3.42. The monoisotopic (exact) mass is 491 g/mol. The summed E-state index contributed by atoms with van der Waals surface area (Å²) in [5, 5.41) is -0.642. The van der Waals surface area contributed by atoms with Crippen LogP contribution < -0.4 is 5.56 Å². The molecule has 0 atom stereocenters. The number of sulfonamides is 1. The summed E-state index contributed by atoms with van der Waals surface area (Å²) in [6.07, 6.45) is -4.18. The fourth-order valence-corrected chi connectivity index (χ4v) is 5.38. The van der Waals surface area contributed by atoms with Crippen LogP contribution in [0.4, 0.5) is 13.2 Å². The van der Waals surface area contributed by atoms with E-state index in [0.717, 1.165) is 5.56 Å². The SMILES string of the molecule is Cc1ccc(C)c(S(=O)(=O)N2CCN(C(=O)Cn3cc(C(F)(F)F)cc(Cl)c3=O)CC2)c1. The lowest BCUT2D eigenvalue weighted by Gasteiger charge is -2.34. The second kappa shape index (κ2) is 8.87. The van der Waals surface area contributed by atoms with Crippen LogP contribution in [0.15, 0.2) is 40.2 Å². The summed E-state index contributed by atoms with van der Waals surface area (Å²) in [6, 6.07) is 5.64. The van der Waals surface area contributed by atoms with Crippen molar-refractivity contribution in [2.75, 3.05) is 26.2 Å². The van der Waals surface area contributed by atoms with Crippen molar-refractivity contribution in [2.45, 2.75) is 31.5 Å². The van der Waals surface area contributed by atoms with Crippen molar-refractivity contribution in [2.24, 2.45) is 0 Å². The Bertz CT molecular complexity index is 1200. The lowest BCUT2D eigenvalue weighted by atomic mass is 10.2. The van der Waals surface area contributed by atoms with Crippen LogP contribution in [0.3, 0.4) is 0 Å². The van der Waals surface area contributed by atoms with Crippen molar-refractivity contribution in [3.8, 4) is 0 Å². The second-order valence-corrected chi connectivity index (χ2v) is 9.87. The van der Waals surface area contributed by atoms with Crippen LogP contribution in [0.1, 0.15) is 16.7 Å². The minimum atomic E-state index is -4.73. The third kappa shape index (κ3) is 5.00. The van der Waals surface area contributed by atoms with Gasteiger partial charge in [0.2, 0.25) is 15.9 Å². The topological polar surface area (TPSA) is 79.7 Å². The molecular weight excluding hydrogens is 471 g/mol. The predicted molar refractivity (Wildman–Crippen MR) is 112 cm³/mol. The van der Waals surface area contributed by atoms with Gasteiger partial charge in [0, 0.05) is 32.4 Å². The Morgan fingerprint density at radius 3 is 2.31 bits per heavy atom. The number of alkyl halides is 3. The number of aryl methyl sites for hydroxylation is 2. The first-order valence-corrected chi connectivity index (χ1v) is 11.4. The quantitative estimate of drug-likeness (QED) is 0.658. The minimum Gasteiger partial charge on any atom is -0.339 e. The van der Waals surface area contributed by atoms with Gasteiger partial charge in [-0.25, -0.2) is 8.42 Å². The van der Waals surface area contributed by atoms with Gasteiger partial charge in [0.25, 0.3) is 5.56 Å². The Kier molecular flexibility index (Phi) is 6.73. The van der Waals surface area contributed by atoms with Crippen molar-refractivity contribution in [3.63, 3.8) is 0 Å². The van der Waals surface area contributed by atoms with Gasteiger partial charge in [0.05, 0.1) is 10.5 Å². The maximum absolute atomic E-state index is 13.0. The Hall–Kier alpha value is -2.37. The standard InChI is InChI=1S/C20H21ClF3N3O4S/c1-13-3-4-14(2)17(9-13)32(30,31)27-7-5-25(6-8-27)18(28)12-26-11-15(20(22,23)24)10-16(21)19(26)29/h3-4,9-11H,5-8,12H2,1-2H3. The van der Waals surface area contributed by atoms with E-state index in [1.807, 2.05) is 6.07 Å². The molecule has 1 fully saturated rings. The highest BCUT2D eigenvalue weighted by Gasteiger charge is 2.33. The van der Waals surface area contributed by atoms with Crippen molar-refractivity contribution in [3.05, 3.63) is 62.5 Å². The molecule has 0 radical (unpaired) electrons. The van der Waals surface area contributed by atoms with Gasteiger partial charge in [0.1, 0.15) is 11.6 Å². The molecule has 2 heterocycles.